The Balaban J connectivity index is 1.47. The van der Waals surface area contributed by atoms with Gasteiger partial charge in [0.25, 0.3) is 5.95 Å². The second-order valence-corrected chi connectivity index (χ2v) is 15.9. The molecule has 4 rings (SSSR count). The predicted octanol–water partition coefficient (Wildman–Crippen LogP) is 4.03. The summed E-state index contributed by atoms with van der Waals surface area (Å²) in [7, 11) is 1.60. The molecular weight excluding hydrogens is 716 g/mol. The predicted molar refractivity (Wildman–Crippen MR) is 215 cm³/mol. The minimum atomic E-state index is -0.949. The van der Waals surface area contributed by atoms with Crippen LogP contribution in [0.25, 0.3) is 0 Å². The van der Waals surface area contributed by atoms with Crippen LogP contribution in [0, 0.1) is 17.8 Å². The first-order valence-corrected chi connectivity index (χ1v) is 20.9. The molecule has 1 saturated carbocycles. The number of nitrogens with two attached hydrogens (primary N) is 1. The number of aliphatic hydroxyl groups is 1. The molecule has 0 spiro atoms. The summed E-state index contributed by atoms with van der Waals surface area (Å²) in [5.74, 6) is -0.363. The number of nitrogen functional groups attached to an aromatic ring is 1. The number of hydrogen-bond acceptors (Lipinski definition) is 12. The summed E-state index contributed by atoms with van der Waals surface area (Å²) in [6, 6.07) is 8.02. The number of rotatable bonds is 24. The molecule has 0 bridgehead atoms. The van der Waals surface area contributed by atoms with Crippen LogP contribution < -0.4 is 27.0 Å². The third-order valence-electron chi connectivity index (χ3n) is 11.2. The summed E-state index contributed by atoms with van der Waals surface area (Å²) >= 11 is 0. The van der Waals surface area contributed by atoms with Crippen molar-refractivity contribution in [3.05, 3.63) is 35.9 Å². The van der Waals surface area contributed by atoms with E-state index >= 15 is 0 Å². The van der Waals surface area contributed by atoms with Crippen molar-refractivity contribution in [1.82, 2.24) is 31.0 Å². The molecule has 0 unspecified atom stereocenters. The van der Waals surface area contributed by atoms with Gasteiger partial charge in [-0.3, -0.25) is 19.7 Å². The number of likely N-dealkylation sites (tertiary alicyclic amines) is 1. The van der Waals surface area contributed by atoms with Crippen LogP contribution in [-0.4, -0.2) is 108 Å². The number of ether oxygens (including phenoxy) is 2. The minimum absolute atomic E-state index is 0.0328. The van der Waals surface area contributed by atoms with Gasteiger partial charge in [0.1, 0.15) is 6.79 Å². The zero-order chi connectivity index (χ0) is 40.3. The van der Waals surface area contributed by atoms with Crippen LogP contribution in [0.15, 0.2) is 34.9 Å². The van der Waals surface area contributed by atoms with Crippen molar-refractivity contribution in [3.63, 3.8) is 0 Å². The SMILES string of the molecule is CCCC[C@H](N[C@@H](Cc1ccccc1)C(=O)N1CCC(OCOC)CC1)C(=O)N[C@@H](CC1CCCCC1)[C@@H](O)C[C@H](C(=O)NCCNc1noc(N)n1)C(C)C. The van der Waals surface area contributed by atoms with Gasteiger partial charge in [0.2, 0.25) is 17.7 Å². The number of unbranched alkanes of at least 4 members (excludes halogenated alkanes) is 1. The molecule has 2 fully saturated rings. The lowest BCUT2D eigenvalue weighted by atomic mass is 9.81. The van der Waals surface area contributed by atoms with Crippen molar-refractivity contribution in [3.8, 4) is 0 Å². The lowest BCUT2D eigenvalue weighted by Gasteiger charge is -2.36. The van der Waals surface area contributed by atoms with E-state index in [4.69, 9.17) is 19.7 Å². The average Bonchev–Trinajstić information content (AvgIpc) is 3.63. The van der Waals surface area contributed by atoms with Crippen LogP contribution in [0.2, 0.25) is 0 Å². The van der Waals surface area contributed by atoms with E-state index in [1.807, 2.05) is 49.1 Å². The molecule has 314 valence electrons. The second kappa shape index (κ2) is 24.1. The van der Waals surface area contributed by atoms with Gasteiger partial charge in [0.15, 0.2) is 0 Å². The fourth-order valence-corrected chi connectivity index (χ4v) is 7.92. The van der Waals surface area contributed by atoms with Crippen LogP contribution >= 0.6 is 0 Å². The molecule has 1 aliphatic heterocycles. The van der Waals surface area contributed by atoms with E-state index < -0.39 is 30.1 Å². The first kappa shape index (κ1) is 44.9. The second-order valence-electron chi connectivity index (χ2n) is 15.9. The van der Waals surface area contributed by atoms with E-state index in [1.165, 1.54) is 6.42 Å². The fourth-order valence-electron chi connectivity index (χ4n) is 7.92. The highest BCUT2D eigenvalue weighted by molar-refractivity contribution is 5.86. The fraction of sp³-hybridized carbons (Fsp3) is 0.732. The van der Waals surface area contributed by atoms with Gasteiger partial charge in [-0.15, -0.1) is 0 Å². The molecule has 3 amide bonds. The summed E-state index contributed by atoms with van der Waals surface area (Å²) in [4.78, 5) is 47.9. The van der Waals surface area contributed by atoms with Crippen molar-refractivity contribution < 1.29 is 33.5 Å². The maximum Gasteiger partial charge on any atom is 0.320 e. The lowest BCUT2D eigenvalue weighted by molar-refractivity contribution is -0.139. The number of methoxy groups -OCH3 is 1. The number of nitrogens with zero attached hydrogens (tertiary/aromatic N) is 3. The Morgan fingerprint density at radius 2 is 1.75 bits per heavy atom. The van der Waals surface area contributed by atoms with Gasteiger partial charge in [-0.1, -0.05) is 96.0 Å². The molecule has 1 saturated heterocycles. The third kappa shape index (κ3) is 14.9. The highest BCUT2D eigenvalue weighted by atomic mass is 16.7. The zero-order valence-corrected chi connectivity index (χ0v) is 34.0. The molecule has 1 aliphatic carbocycles. The smallest absolute Gasteiger partial charge is 0.320 e. The monoisotopic (exact) mass is 785 g/mol. The van der Waals surface area contributed by atoms with E-state index in [1.54, 1.807) is 7.11 Å². The number of amides is 3. The Labute approximate surface area is 333 Å². The maximum atomic E-state index is 14.4. The van der Waals surface area contributed by atoms with Crippen molar-refractivity contribution in [2.45, 2.75) is 135 Å². The first-order chi connectivity index (χ1) is 27.1. The summed E-state index contributed by atoms with van der Waals surface area (Å²) in [5, 5.41) is 28.3. The zero-order valence-electron chi connectivity index (χ0n) is 34.0. The Morgan fingerprint density at radius 3 is 2.39 bits per heavy atom. The number of carbonyl (C=O) groups is 3. The highest BCUT2D eigenvalue weighted by Gasteiger charge is 2.35. The number of aliphatic hydroxyl groups excluding tert-OH is 1. The van der Waals surface area contributed by atoms with Crippen LogP contribution in [-0.2, 0) is 30.3 Å². The quantitative estimate of drug-likeness (QED) is 0.0660. The molecule has 56 heavy (non-hydrogen) atoms. The Kier molecular flexibility index (Phi) is 19.3. The van der Waals surface area contributed by atoms with E-state index in [0.29, 0.717) is 51.4 Å². The molecule has 15 heteroatoms. The minimum Gasteiger partial charge on any atom is -0.391 e. The number of hydrogen-bond donors (Lipinski definition) is 6. The number of piperidine rings is 1. The molecule has 15 nitrogen and oxygen atoms in total. The topological polar surface area (TPSA) is 206 Å². The molecule has 2 aliphatic rings. The summed E-state index contributed by atoms with van der Waals surface area (Å²) in [6.45, 7) is 8.05. The Hall–Kier alpha value is -3.79. The van der Waals surface area contributed by atoms with Gasteiger partial charge < -0.3 is 45.7 Å². The molecule has 2 heterocycles. The van der Waals surface area contributed by atoms with Crippen molar-refractivity contribution in [1.29, 1.82) is 0 Å². The number of anilines is 2. The largest absolute Gasteiger partial charge is 0.391 e. The average molecular weight is 785 g/mol. The highest BCUT2D eigenvalue weighted by Crippen LogP contribution is 2.30. The molecule has 7 N–H and O–H groups in total. The van der Waals surface area contributed by atoms with Gasteiger partial charge in [0, 0.05) is 39.2 Å². The number of benzene rings is 1. The van der Waals surface area contributed by atoms with Gasteiger partial charge >= 0.3 is 6.01 Å². The molecule has 5 atom stereocenters. The number of carbonyl (C=O) groups excluding carboxylic acids is 3. The molecule has 2 aromatic rings. The van der Waals surface area contributed by atoms with Crippen LogP contribution in [0.5, 0.6) is 0 Å². The number of nitrogens with one attached hydrogen (secondary N) is 4. The molecule has 1 aromatic carbocycles. The standard InChI is InChI=1S/C41H68N8O7/c1-5-6-17-33(45-35(25-30-15-11-8-12-16-30)39(53)49-22-18-31(19-23-49)55-27-54-4)38(52)46-34(24-29-13-9-7-10-14-29)36(50)26-32(28(2)3)37(51)43-20-21-44-41-47-40(42)56-48-41/h8,11-12,15-16,28-29,31-36,45,50H,5-7,9-10,13-14,17-27H2,1-4H3,(H,43,51)(H,46,52)(H3,42,44,47,48)/t32-,33-,34-,35-,36-/m0/s1. The lowest BCUT2D eigenvalue weighted by Crippen LogP contribution is -2.58. The van der Waals surface area contributed by atoms with Crippen molar-refractivity contribution in [2.75, 3.05) is 51.1 Å². The summed E-state index contributed by atoms with van der Waals surface area (Å²) in [6.07, 6.45) is 9.55. The van der Waals surface area contributed by atoms with E-state index in [0.717, 1.165) is 56.9 Å². The van der Waals surface area contributed by atoms with Crippen molar-refractivity contribution in [2.24, 2.45) is 17.8 Å². The van der Waals surface area contributed by atoms with E-state index in [-0.39, 0.29) is 54.9 Å². The van der Waals surface area contributed by atoms with Crippen molar-refractivity contribution >= 4 is 29.7 Å². The van der Waals surface area contributed by atoms with E-state index in [9.17, 15) is 19.5 Å². The third-order valence-corrected chi connectivity index (χ3v) is 11.2. The van der Waals surface area contributed by atoms with Gasteiger partial charge in [0.05, 0.1) is 30.3 Å². The van der Waals surface area contributed by atoms with Crippen LogP contribution in [0.1, 0.15) is 103 Å². The van der Waals surface area contributed by atoms with Gasteiger partial charge in [-0.25, -0.2) is 0 Å². The van der Waals surface area contributed by atoms with E-state index in [2.05, 4.69) is 38.3 Å². The Bertz CT molecular complexity index is 1430. The maximum absolute atomic E-state index is 14.4. The molecule has 1 aromatic heterocycles. The first-order valence-electron chi connectivity index (χ1n) is 20.9. The molecular formula is C41H68N8O7. The van der Waals surface area contributed by atoms with Crippen LogP contribution in [0.3, 0.4) is 0 Å². The summed E-state index contributed by atoms with van der Waals surface area (Å²) in [5.41, 5.74) is 6.49. The molecule has 0 radical (unpaired) electrons. The Morgan fingerprint density at radius 1 is 1.02 bits per heavy atom. The van der Waals surface area contributed by atoms with Crippen LogP contribution in [0.4, 0.5) is 12.0 Å². The normalized spacial score (nSPS) is 18.2. The summed E-state index contributed by atoms with van der Waals surface area (Å²) < 4.78 is 15.6. The number of aromatic nitrogens is 2. The van der Waals surface area contributed by atoms with Gasteiger partial charge in [-0.2, -0.15) is 4.98 Å². The van der Waals surface area contributed by atoms with Gasteiger partial charge in [-0.05, 0) is 61.1 Å².